The number of morpholine rings is 1. The molecule has 3 nitrogen and oxygen atoms in total. The first-order valence-corrected chi connectivity index (χ1v) is 5.12. The van der Waals surface area contributed by atoms with E-state index in [0.717, 1.165) is 13.1 Å². The van der Waals surface area contributed by atoms with Crippen LogP contribution in [0.3, 0.4) is 0 Å². The third kappa shape index (κ3) is 4.81. The molecule has 0 aromatic heterocycles. The highest BCUT2D eigenvalue weighted by Crippen LogP contribution is 2.21. The first kappa shape index (κ1) is 12.7. The first-order valence-electron chi connectivity index (χ1n) is 5.12. The Hall–Kier alpha value is -0.330. The van der Waals surface area contributed by atoms with Gasteiger partial charge in [-0.25, -0.2) is 0 Å². The van der Waals surface area contributed by atoms with Crippen molar-refractivity contribution in [2.45, 2.75) is 25.1 Å². The maximum absolute atomic E-state index is 12.1. The van der Waals surface area contributed by atoms with E-state index in [1.165, 1.54) is 0 Å². The lowest BCUT2D eigenvalue weighted by molar-refractivity contribution is -0.149. The van der Waals surface area contributed by atoms with E-state index >= 15 is 0 Å². The van der Waals surface area contributed by atoms with Crippen LogP contribution in [0, 0.1) is 0 Å². The van der Waals surface area contributed by atoms with Gasteiger partial charge in [-0.15, -0.1) is 0 Å². The summed E-state index contributed by atoms with van der Waals surface area (Å²) in [5.74, 6) is 0. The van der Waals surface area contributed by atoms with Crippen molar-refractivity contribution in [1.82, 2.24) is 4.90 Å². The summed E-state index contributed by atoms with van der Waals surface area (Å²) in [6.07, 6.45) is -3.77. The van der Waals surface area contributed by atoms with E-state index in [1.807, 2.05) is 0 Å². The highest BCUT2D eigenvalue weighted by atomic mass is 19.4. The van der Waals surface area contributed by atoms with Gasteiger partial charge in [-0.2, -0.15) is 13.2 Å². The van der Waals surface area contributed by atoms with E-state index in [2.05, 4.69) is 4.90 Å². The van der Waals surface area contributed by atoms with Crippen LogP contribution in [0.15, 0.2) is 0 Å². The number of alkyl halides is 3. The van der Waals surface area contributed by atoms with Crippen LogP contribution in [0.25, 0.3) is 0 Å². The third-order valence-corrected chi connectivity index (χ3v) is 2.51. The van der Waals surface area contributed by atoms with Gasteiger partial charge in [0.25, 0.3) is 0 Å². The van der Waals surface area contributed by atoms with Crippen LogP contribution in [0.1, 0.15) is 12.8 Å². The van der Waals surface area contributed by atoms with Gasteiger partial charge in [-0.1, -0.05) is 0 Å². The number of halogens is 3. The van der Waals surface area contributed by atoms with Gasteiger partial charge in [-0.05, 0) is 19.4 Å². The Morgan fingerprint density at radius 1 is 1.27 bits per heavy atom. The van der Waals surface area contributed by atoms with Gasteiger partial charge in [0.2, 0.25) is 0 Å². The lowest BCUT2D eigenvalue weighted by Crippen LogP contribution is -2.40. The largest absolute Gasteiger partial charge is 0.403 e. The topological polar surface area (TPSA) is 38.5 Å². The number of nitrogens with two attached hydrogens (primary N) is 1. The Kier molecular flexibility index (Phi) is 4.82. The predicted octanol–water partition coefficient (Wildman–Crippen LogP) is 0.988. The smallest absolute Gasteiger partial charge is 0.379 e. The first-order chi connectivity index (χ1) is 7.00. The summed E-state index contributed by atoms with van der Waals surface area (Å²) in [6.45, 7) is 3.63. The van der Waals surface area contributed by atoms with E-state index in [4.69, 9.17) is 10.5 Å². The summed E-state index contributed by atoms with van der Waals surface area (Å²) in [7, 11) is 0. The van der Waals surface area contributed by atoms with Crippen molar-refractivity contribution < 1.29 is 17.9 Å². The normalized spacial score (nSPS) is 21.6. The minimum atomic E-state index is -4.26. The van der Waals surface area contributed by atoms with Crippen molar-refractivity contribution in [2.24, 2.45) is 5.73 Å². The molecule has 0 aliphatic carbocycles. The van der Waals surface area contributed by atoms with Crippen molar-refractivity contribution in [2.75, 3.05) is 32.8 Å². The van der Waals surface area contributed by atoms with Gasteiger partial charge in [0.1, 0.15) is 6.04 Å². The molecule has 0 aromatic rings. The van der Waals surface area contributed by atoms with Crippen molar-refractivity contribution in [1.29, 1.82) is 0 Å². The molecule has 0 saturated carbocycles. The molecule has 1 atom stereocenters. The highest BCUT2D eigenvalue weighted by Gasteiger charge is 2.35. The fourth-order valence-corrected chi connectivity index (χ4v) is 1.52. The lowest BCUT2D eigenvalue weighted by atomic mass is 10.1. The van der Waals surface area contributed by atoms with Crippen molar-refractivity contribution in [3.8, 4) is 0 Å². The van der Waals surface area contributed by atoms with E-state index in [1.54, 1.807) is 0 Å². The fraction of sp³-hybridized carbons (Fsp3) is 1.00. The summed E-state index contributed by atoms with van der Waals surface area (Å²) >= 11 is 0. The quantitative estimate of drug-likeness (QED) is 0.777. The molecule has 0 radical (unpaired) electrons. The third-order valence-electron chi connectivity index (χ3n) is 2.51. The summed E-state index contributed by atoms with van der Waals surface area (Å²) in [5.41, 5.74) is 5.00. The number of hydrogen-bond acceptors (Lipinski definition) is 3. The Balaban J connectivity index is 2.10. The molecule has 0 amide bonds. The van der Waals surface area contributed by atoms with Gasteiger partial charge < -0.3 is 10.5 Å². The average Bonchev–Trinajstić information content (AvgIpc) is 2.18. The van der Waals surface area contributed by atoms with Crippen molar-refractivity contribution >= 4 is 0 Å². The highest BCUT2D eigenvalue weighted by molar-refractivity contribution is 4.71. The number of nitrogens with zero attached hydrogens (tertiary/aromatic N) is 1. The summed E-state index contributed by atoms with van der Waals surface area (Å²) in [6, 6.07) is -1.68. The molecule has 1 aliphatic heterocycles. The maximum atomic E-state index is 12.1. The second kappa shape index (κ2) is 5.67. The van der Waals surface area contributed by atoms with Crippen LogP contribution >= 0.6 is 0 Å². The number of hydrogen-bond donors (Lipinski definition) is 1. The van der Waals surface area contributed by atoms with Crippen LogP contribution in [-0.4, -0.2) is 50.0 Å². The molecule has 1 rings (SSSR count). The van der Waals surface area contributed by atoms with Crippen LogP contribution < -0.4 is 5.73 Å². The van der Waals surface area contributed by atoms with E-state index < -0.39 is 12.2 Å². The van der Waals surface area contributed by atoms with Gasteiger partial charge in [0.05, 0.1) is 13.2 Å². The molecule has 1 heterocycles. The van der Waals surface area contributed by atoms with Crippen LogP contribution in [0.2, 0.25) is 0 Å². The standard InChI is InChI=1S/C9H17F3N2O/c10-9(11,12)8(13)2-1-3-14-4-6-15-7-5-14/h8H,1-7,13H2. The van der Waals surface area contributed by atoms with Crippen LogP contribution in [0.4, 0.5) is 13.2 Å². The molecule has 2 N–H and O–H groups in total. The zero-order valence-electron chi connectivity index (χ0n) is 8.59. The number of rotatable bonds is 4. The summed E-state index contributed by atoms with van der Waals surface area (Å²) in [5, 5.41) is 0. The Bertz CT molecular complexity index is 181. The van der Waals surface area contributed by atoms with E-state index in [0.29, 0.717) is 26.2 Å². The Labute approximate surface area is 87.4 Å². The fourth-order valence-electron chi connectivity index (χ4n) is 1.52. The van der Waals surface area contributed by atoms with Gasteiger partial charge in [0.15, 0.2) is 0 Å². The molecule has 90 valence electrons. The zero-order valence-corrected chi connectivity index (χ0v) is 8.59. The lowest BCUT2D eigenvalue weighted by Gasteiger charge is -2.27. The van der Waals surface area contributed by atoms with Gasteiger partial charge in [0, 0.05) is 13.1 Å². The van der Waals surface area contributed by atoms with E-state index in [9.17, 15) is 13.2 Å². The van der Waals surface area contributed by atoms with Crippen molar-refractivity contribution in [3.63, 3.8) is 0 Å². The Morgan fingerprint density at radius 3 is 2.40 bits per heavy atom. The minimum absolute atomic E-state index is 0.000850. The van der Waals surface area contributed by atoms with E-state index in [-0.39, 0.29) is 6.42 Å². The monoisotopic (exact) mass is 226 g/mol. The average molecular weight is 226 g/mol. The predicted molar refractivity (Wildman–Crippen MR) is 50.5 cm³/mol. The maximum Gasteiger partial charge on any atom is 0.403 e. The van der Waals surface area contributed by atoms with Gasteiger partial charge >= 0.3 is 6.18 Å². The molecule has 15 heavy (non-hydrogen) atoms. The second-order valence-electron chi connectivity index (χ2n) is 3.74. The Morgan fingerprint density at radius 2 is 1.87 bits per heavy atom. The summed E-state index contributed by atoms with van der Waals surface area (Å²) < 4.78 is 41.3. The second-order valence-corrected chi connectivity index (χ2v) is 3.74. The molecule has 1 unspecified atom stereocenters. The zero-order chi connectivity index (χ0) is 11.3. The molecular formula is C9H17F3N2O. The molecule has 1 saturated heterocycles. The SMILES string of the molecule is NC(CCCN1CCOCC1)C(F)(F)F. The summed E-state index contributed by atoms with van der Waals surface area (Å²) in [4.78, 5) is 2.10. The number of ether oxygens (including phenoxy) is 1. The molecule has 0 spiro atoms. The minimum Gasteiger partial charge on any atom is -0.379 e. The molecular weight excluding hydrogens is 209 g/mol. The molecule has 0 bridgehead atoms. The van der Waals surface area contributed by atoms with Crippen LogP contribution in [-0.2, 0) is 4.74 Å². The van der Waals surface area contributed by atoms with Crippen LogP contribution in [0.5, 0.6) is 0 Å². The molecule has 6 heteroatoms. The molecule has 0 aromatic carbocycles. The molecule has 1 aliphatic rings. The van der Waals surface area contributed by atoms with Crippen molar-refractivity contribution in [3.05, 3.63) is 0 Å². The molecule has 1 fully saturated rings. The van der Waals surface area contributed by atoms with Gasteiger partial charge in [-0.3, -0.25) is 4.90 Å².